The van der Waals surface area contributed by atoms with E-state index in [1.807, 2.05) is 0 Å². The van der Waals surface area contributed by atoms with Gasteiger partial charge in [-0.15, -0.1) is 0 Å². The van der Waals surface area contributed by atoms with Crippen molar-refractivity contribution >= 4 is 5.97 Å². The van der Waals surface area contributed by atoms with Gasteiger partial charge in [0.15, 0.2) is 6.10 Å². The quantitative estimate of drug-likeness (QED) is 0.662. The van der Waals surface area contributed by atoms with E-state index in [0.29, 0.717) is 11.3 Å². The summed E-state index contributed by atoms with van der Waals surface area (Å²) < 4.78 is 4.91. The number of ether oxygens (including phenoxy) is 1. The van der Waals surface area contributed by atoms with Crippen LogP contribution in [-0.4, -0.2) is 34.5 Å². The second-order valence-corrected chi connectivity index (χ2v) is 3.00. The lowest BCUT2D eigenvalue weighted by atomic mass is 10.0. The van der Waals surface area contributed by atoms with Crippen LogP contribution >= 0.6 is 0 Å². The van der Waals surface area contributed by atoms with Crippen LogP contribution < -0.4 is 4.74 Å². The smallest absolute Gasteiger partial charge is 0.335 e. The fourth-order valence-corrected chi connectivity index (χ4v) is 1.14. The van der Waals surface area contributed by atoms with E-state index in [1.165, 1.54) is 19.2 Å². The fraction of sp³-hybridized carbons (Fsp3) is 0.300. The van der Waals surface area contributed by atoms with Crippen LogP contribution in [-0.2, 0) is 4.79 Å². The minimum Gasteiger partial charge on any atom is -0.497 e. The molecule has 5 nitrogen and oxygen atoms in total. The van der Waals surface area contributed by atoms with Gasteiger partial charge in [0.05, 0.1) is 7.11 Å². The van der Waals surface area contributed by atoms with Crippen LogP contribution in [0, 0.1) is 0 Å². The zero-order valence-electron chi connectivity index (χ0n) is 8.12. The highest BCUT2D eigenvalue weighted by Gasteiger charge is 2.25. The van der Waals surface area contributed by atoms with Crippen LogP contribution in [0.5, 0.6) is 5.75 Å². The number of benzene rings is 1. The first-order valence-electron chi connectivity index (χ1n) is 4.29. The molecule has 1 aromatic carbocycles. The van der Waals surface area contributed by atoms with Crippen molar-refractivity contribution in [1.29, 1.82) is 0 Å². The highest BCUT2D eigenvalue weighted by molar-refractivity contribution is 5.73. The van der Waals surface area contributed by atoms with Crippen molar-refractivity contribution in [2.75, 3.05) is 7.11 Å². The molecule has 82 valence electrons. The van der Waals surface area contributed by atoms with Gasteiger partial charge in [-0.25, -0.2) is 4.79 Å². The lowest BCUT2D eigenvalue weighted by molar-refractivity contribution is -0.153. The lowest BCUT2D eigenvalue weighted by Gasteiger charge is -2.14. The molecule has 2 unspecified atom stereocenters. The molecule has 1 aromatic rings. The minimum atomic E-state index is -1.84. The van der Waals surface area contributed by atoms with Crippen molar-refractivity contribution in [2.45, 2.75) is 12.2 Å². The molecule has 0 aromatic heterocycles. The summed E-state index contributed by atoms with van der Waals surface area (Å²) in [5.41, 5.74) is 0.296. The molecule has 0 bridgehead atoms. The molecule has 0 radical (unpaired) electrons. The molecular formula is C10H12O5. The Morgan fingerprint density at radius 3 is 2.60 bits per heavy atom. The Bertz CT molecular complexity index is 349. The predicted octanol–water partition coefficient (Wildman–Crippen LogP) is 0.174. The maximum Gasteiger partial charge on any atom is 0.335 e. The van der Waals surface area contributed by atoms with Gasteiger partial charge in [0.2, 0.25) is 0 Å². The van der Waals surface area contributed by atoms with Gasteiger partial charge in [0, 0.05) is 0 Å². The van der Waals surface area contributed by atoms with E-state index in [1.54, 1.807) is 12.1 Å². The van der Waals surface area contributed by atoms with Gasteiger partial charge in [-0.05, 0) is 17.7 Å². The Labute approximate surface area is 86.5 Å². The van der Waals surface area contributed by atoms with Gasteiger partial charge in [0.25, 0.3) is 0 Å². The summed E-state index contributed by atoms with van der Waals surface area (Å²) in [5.74, 6) is -0.977. The third kappa shape index (κ3) is 2.68. The first kappa shape index (κ1) is 11.5. The van der Waals surface area contributed by atoms with Crippen molar-refractivity contribution in [2.24, 2.45) is 0 Å². The summed E-state index contributed by atoms with van der Waals surface area (Å²) in [7, 11) is 1.46. The summed E-state index contributed by atoms with van der Waals surface area (Å²) >= 11 is 0. The van der Waals surface area contributed by atoms with E-state index >= 15 is 0 Å². The van der Waals surface area contributed by atoms with Crippen molar-refractivity contribution in [3.05, 3.63) is 29.8 Å². The van der Waals surface area contributed by atoms with Gasteiger partial charge in [-0.1, -0.05) is 12.1 Å². The Morgan fingerprint density at radius 1 is 1.40 bits per heavy atom. The summed E-state index contributed by atoms with van der Waals surface area (Å²) in [6.45, 7) is 0. The molecule has 3 N–H and O–H groups in total. The molecule has 0 aliphatic heterocycles. The summed E-state index contributed by atoms with van der Waals surface area (Å²) in [6, 6.07) is 6.24. The summed E-state index contributed by atoms with van der Waals surface area (Å²) in [5, 5.41) is 27.1. The third-order valence-corrected chi connectivity index (χ3v) is 1.99. The fourth-order valence-electron chi connectivity index (χ4n) is 1.14. The average Bonchev–Trinajstić information content (AvgIpc) is 2.27. The number of carboxylic acids is 1. The Hall–Kier alpha value is -1.59. The Kier molecular flexibility index (Phi) is 3.65. The SMILES string of the molecule is COc1cccc(C(O)C(O)C(=O)O)c1. The normalized spacial score (nSPS) is 14.3. The number of aliphatic hydroxyl groups excluding tert-OH is 2. The maximum atomic E-state index is 10.4. The van der Waals surface area contributed by atoms with Crippen LogP contribution in [0.3, 0.4) is 0 Å². The molecule has 5 heteroatoms. The zero-order valence-corrected chi connectivity index (χ0v) is 8.12. The molecular weight excluding hydrogens is 200 g/mol. The Balaban J connectivity index is 2.90. The molecule has 0 heterocycles. The van der Waals surface area contributed by atoms with Gasteiger partial charge in [-0.2, -0.15) is 0 Å². The van der Waals surface area contributed by atoms with Crippen LogP contribution in [0.1, 0.15) is 11.7 Å². The molecule has 0 spiro atoms. The first-order chi connectivity index (χ1) is 7.06. The van der Waals surface area contributed by atoms with Crippen LogP contribution in [0.15, 0.2) is 24.3 Å². The molecule has 15 heavy (non-hydrogen) atoms. The number of carbonyl (C=O) groups is 1. The van der Waals surface area contributed by atoms with E-state index in [9.17, 15) is 9.90 Å². The van der Waals surface area contributed by atoms with Crippen molar-refractivity contribution in [1.82, 2.24) is 0 Å². The van der Waals surface area contributed by atoms with E-state index in [0.717, 1.165) is 0 Å². The predicted molar refractivity (Wildman–Crippen MR) is 51.6 cm³/mol. The van der Waals surface area contributed by atoms with E-state index in [4.69, 9.17) is 14.9 Å². The molecule has 0 fully saturated rings. The summed E-state index contributed by atoms with van der Waals surface area (Å²) in [4.78, 5) is 10.4. The number of carboxylic acid groups (broad SMARTS) is 1. The Morgan fingerprint density at radius 2 is 2.07 bits per heavy atom. The third-order valence-electron chi connectivity index (χ3n) is 1.99. The van der Waals surface area contributed by atoms with Crippen LogP contribution in [0.2, 0.25) is 0 Å². The van der Waals surface area contributed by atoms with Crippen molar-refractivity contribution < 1.29 is 24.9 Å². The number of aliphatic hydroxyl groups is 2. The number of rotatable bonds is 4. The van der Waals surface area contributed by atoms with E-state index < -0.39 is 18.2 Å². The highest BCUT2D eigenvalue weighted by atomic mass is 16.5. The second kappa shape index (κ2) is 4.77. The van der Waals surface area contributed by atoms with Gasteiger partial charge >= 0.3 is 5.97 Å². The molecule has 0 aliphatic carbocycles. The molecule has 0 saturated heterocycles. The molecule has 0 saturated carbocycles. The zero-order chi connectivity index (χ0) is 11.4. The number of hydrogen-bond acceptors (Lipinski definition) is 4. The summed E-state index contributed by atoms with van der Waals surface area (Å²) in [6.07, 6.45) is -3.30. The molecule has 1 rings (SSSR count). The monoisotopic (exact) mass is 212 g/mol. The second-order valence-electron chi connectivity index (χ2n) is 3.00. The standard InChI is InChI=1S/C10H12O5/c1-15-7-4-2-3-6(5-7)8(11)9(12)10(13)14/h2-5,8-9,11-12H,1H3,(H,13,14). The highest BCUT2D eigenvalue weighted by Crippen LogP contribution is 2.21. The largest absolute Gasteiger partial charge is 0.497 e. The molecule has 0 amide bonds. The maximum absolute atomic E-state index is 10.4. The van der Waals surface area contributed by atoms with Gasteiger partial charge in [0.1, 0.15) is 11.9 Å². The van der Waals surface area contributed by atoms with E-state index in [2.05, 4.69) is 0 Å². The van der Waals surface area contributed by atoms with Gasteiger partial charge in [-0.3, -0.25) is 0 Å². The van der Waals surface area contributed by atoms with Crippen molar-refractivity contribution in [3.8, 4) is 5.75 Å². The van der Waals surface area contributed by atoms with Gasteiger partial charge < -0.3 is 20.1 Å². The lowest BCUT2D eigenvalue weighted by Crippen LogP contribution is -2.27. The number of methoxy groups -OCH3 is 1. The van der Waals surface area contributed by atoms with E-state index in [-0.39, 0.29) is 0 Å². The van der Waals surface area contributed by atoms with Crippen LogP contribution in [0.25, 0.3) is 0 Å². The molecule has 2 atom stereocenters. The van der Waals surface area contributed by atoms with Crippen molar-refractivity contribution in [3.63, 3.8) is 0 Å². The first-order valence-corrected chi connectivity index (χ1v) is 4.29. The number of aliphatic carboxylic acids is 1. The number of hydrogen-bond donors (Lipinski definition) is 3. The minimum absolute atomic E-state index is 0.296. The average molecular weight is 212 g/mol. The van der Waals surface area contributed by atoms with Crippen LogP contribution in [0.4, 0.5) is 0 Å². The molecule has 0 aliphatic rings. The topological polar surface area (TPSA) is 87.0 Å².